The lowest BCUT2D eigenvalue weighted by molar-refractivity contribution is -0.0755. The molecule has 0 unspecified atom stereocenters. The van der Waals surface area contributed by atoms with E-state index >= 15 is 0 Å². The summed E-state index contributed by atoms with van der Waals surface area (Å²) in [5.41, 5.74) is 2.24. The number of rotatable bonds is 5. The molecule has 2 aromatic rings. The van der Waals surface area contributed by atoms with Gasteiger partial charge in [0, 0.05) is 24.4 Å². The molecule has 0 bridgehead atoms. The molecule has 0 radical (unpaired) electrons. The minimum atomic E-state index is -0.0259. The van der Waals surface area contributed by atoms with E-state index in [9.17, 15) is 0 Å². The van der Waals surface area contributed by atoms with Crippen LogP contribution in [0.4, 0.5) is 0 Å². The molecule has 1 aliphatic heterocycles. The number of nitrogens with one attached hydrogen (secondary N) is 1. The highest BCUT2D eigenvalue weighted by atomic mass is 16.5. The van der Waals surface area contributed by atoms with Gasteiger partial charge in [-0.3, -0.25) is 0 Å². The fourth-order valence-corrected chi connectivity index (χ4v) is 2.60. The van der Waals surface area contributed by atoms with E-state index in [4.69, 9.17) is 9.26 Å². The van der Waals surface area contributed by atoms with Crippen molar-refractivity contribution in [1.82, 2.24) is 10.5 Å². The Morgan fingerprint density at radius 1 is 1.18 bits per heavy atom. The van der Waals surface area contributed by atoms with Crippen molar-refractivity contribution >= 4 is 0 Å². The van der Waals surface area contributed by atoms with E-state index in [0.717, 1.165) is 37.6 Å². The molecule has 4 heteroatoms. The second-order valence-corrected chi connectivity index (χ2v) is 7.22. The van der Waals surface area contributed by atoms with E-state index in [1.165, 1.54) is 5.56 Å². The first-order chi connectivity index (χ1) is 10.5. The summed E-state index contributed by atoms with van der Waals surface area (Å²) in [4.78, 5) is 0. The Hall–Kier alpha value is -1.65. The van der Waals surface area contributed by atoms with Crippen molar-refractivity contribution in [2.24, 2.45) is 0 Å². The standard InChI is InChI=1S/C18H24N2O2/c1-17(2,3)16-9-15(20-22-16)10-18(12-21-13-18)19-11-14-7-5-4-6-8-14/h4-9,19H,10-13H2,1-3H3. The summed E-state index contributed by atoms with van der Waals surface area (Å²) in [6, 6.07) is 12.5. The first kappa shape index (κ1) is 15.3. The van der Waals surface area contributed by atoms with Crippen molar-refractivity contribution in [2.45, 2.75) is 44.7 Å². The largest absolute Gasteiger partial charge is 0.377 e. The second kappa shape index (κ2) is 5.86. The van der Waals surface area contributed by atoms with Crippen LogP contribution in [0, 0.1) is 0 Å². The Kier molecular flexibility index (Phi) is 4.06. The van der Waals surface area contributed by atoms with Gasteiger partial charge in [-0.25, -0.2) is 0 Å². The van der Waals surface area contributed by atoms with Gasteiger partial charge in [-0.2, -0.15) is 0 Å². The molecule has 1 saturated heterocycles. The van der Waals surface area contributed by atoms with Crippen molar-refractivity contribution in [1.29, 1.82) is 0 Å². The van der Waals surface area contributed by atoms with Crippen LogP contribution in [0.2, 0.25) is 0 Å². The van der Waals surface area contributed by atoms with Gasteiger partial charge >= 0.3 is 0 Å². The summed E-state index contributed by atoms with van der Waals surface area (Å²) in [5.74, 6) is 0.931. The minimum Gasteiger partial charge on any atom is -0.377 e. The zero-order valence-electron chi connectivity index (χ0n) is 13.6. The minimum absolute atomic E-state index is 0.00794. The normalized spacial score (nSPS) is 17.2. The van der Waals surface area contributed by atoms with Crippen molar-refractivity contribution < 1.29 is 9.26 Å². The molecule has 0 saturated carbocycles. The predicted octanol–water partition coefficient (Wildman–Crippen LogP) is 3.07. The molecule has 1 fully saturated rings. The Morgan fingerprint density at radius 3 is 2.45 bits per heavy atom. The smallest absolute Gasteiger partial charge is 0.142 e. The first-order valence-electron chi connectivity index (χ1n) is 7.80. The highest BCUT2D eigenvalue weighted by Crippen LogP contribution is 2.27. The van der Waals surface area contributed by atoms with E-state index in [-0.39, 0.29) is 11.0 Å². The maximum atomic E-state index is 5.49. The number of aromatic nitrogens is 1. The molecule has 22 heavy (non-hydrogen) atoms. The quantitative estimate of drug-likeness (QED) is 0.922. The van der Waals surface area contributed by atoms with Gasteiger partial charge in [0.15, 0.2) is 0 Å². The van der Waals surface area contributed by atoms with Crippen LogP contribution in [-0.4, -0.2) is 23.9 Å². The molecule has 1 aromatic heterocycles. The second-order valence-electron chi connectivity index (χ2n) is 7.22. The SMILES string of the molecule is CC(C)(C)c1cc(CC2(NCc3ccccc3)COC2)no1. The zero-order chi connectivity index (χ0) is 15.6. The van der Waals surface area contributed by atoms with E-state index in [2.05, 4.69) is 61.6 Å². The third-order valence-corrected chi connectivity index (χ3v) is 4.08. The molecule has 0 aliphatic carbocycles. The van der Waals surface area contributed by atoms with Gasteiger partial charge in [0.2, 0.25) is 0 Å². The summed E-state index contributed by atoms with van der Waals surface area (Å²) in [5, 5.41) is 7.87. The van der Waals surface area contributed by atoms with Crippen molar-refractivity contribution in [3.05, 3.63) is 53.4 Å². The van der Waals surface area contributed by atoms with Crippen LogP contribution in [-0.2, 0) is 23.1 Å². The third-order valence-electron chi connectivity index (χ3n) is 4.08. The fraction of sp³-hybridized carbons (Fsp3) is 0.500. The summed E-state index contributed by atoms with van der Waals surface area (Å²) in [7, 11) is 0. The maximum absolute atomic E-state index is 5.49. The van der Waals surface area contributed by atoms with Gasteiger partial charge < -0.3 is 14.6 Å². The Bertz CT molecular complexity index is 610. The summed E-state index contributed by atoms with van der Waals surface area (Å²) in [6.45, 7) is 8.68. The lowest BCUT2D eigenvalue weighted by atomic mass is 9.89. The van der Waals surface area contributed by atoms with Gasteiger partial charge in [-0.1, -0.05) is 56.3 Å². The van der Waals surface area contributed by atoms with E-state index in [1.807, 2.05) is 6.07 Å². The molecule has 4 nitrogen and oxygen atoms in total. The molecular formula is C18H24N2O2. The van der Waals surface area contributed by atoms with Gasteiger partial charge in [0.25, 0.3) is 0 Å². The monoisotopic (exact) mass is 300 g/mol. The van der Waals surface area contributed by atoms with Gasteiger partial charge in [-0.15, -0.1) is 0 Å². The number of nitrogens with zero attached hydrogens (tertiary/aromatic N) is 1. The van der Waals surface area contributed by atoms with Crippen LogP contribution in [0.5, 0.6) is 0 Å². The average Bonchev–Trinajstić information content (AvgIpc) is 2.91. The zero-order valence-corrected chi connectivity index (χ0v) is 13.6. The van der Waals surface area contributed by atoms with Crippen LogP contribution in [0.1, 0.15) is 37.8 Å². The summed E-state index contributed by atoms with van der Waals surface area (Å²) < 4.78 is 10.9. The molecule has 1 aliphatic rings. The lowest BCUT2D eigenvalue weighted by Crippen LogP contribution is -2.61. The molecule has 0 amide bonds. The van der Waals surface area contributed by atoms with Crippen molar-refractivity contribution in [3.8, 4) is 0 Å². The summed E-state index contributed by atoms with van der Waals surface area (Å²) >= 11 is 0. The molecule has 2 heterocycles. The lowest BCUT2D eigenvalue weighted by Gasteiger charge is -2.42. The van der Waals surface area contributed by atoms with Crippen LogP contribution < -0.4 is 5.32 Å². The molecular weight excluding hydrogens is 276 g/mol. The first-order valence-corrected chi connectivity index (χ1v) is 7.80. The topological polar surface area (TPSA) is 47.3 Å². The maximum Gasteiger partial charge on any atom is 0.142 e. The number of hydrogen-bond donors (Lipinski definition) is 1. The van der Waals surface area contributed by atoms with E-state index in [1.54, 1.807) is 0 Å². The van der Waals surface area contributed by atoms with Gasteiger partial charge in [0.05, 0.1) is 24.4 Å². The third kappa shape index (κ3) is 3.39. The van der Waals surface area contributed by atoms with Crippen LogP contribution in [0.3, 0.4) is 0 Å². The summed E-state index contributed by atoms with van der Waals surface area (Å²) in [6.07, 6.45) is 0.833. The van der Waals surface area contributed by atoms with E-state index < -0.39 is 0 Å². The predicted molar refractivity (Wildman–Crippen MR) is 85.7 cm³/mol. The number of benzene rings is 1. The van der Waals surface area contributed by atoms with Gasteiger partial charge in [-0.05, 0) is 5.56 Å². The average molecular weight is 300 g/mol. The Balaban J connectivity index is 1.65. The van der Waals surface area contributed by atoms with Gasteiger partial charge in [0.1, 0.15) is 5.76 Å². The van der Waals surface area contributed by atoms with Crippen molar-refractivity contribution in [3.63, 3.8) is 0 Å². The van der Waals surface area contributed by atoms with Crippen molar-refractivity contribution in [2.75, 3.05) is 13.2 Å². The fourth-order valence-electron chi connectivity index (χ4n) is 2.60. The van der Waals surface area contributed by atoms with Crippen LogP contribution in [0.15, 0.2) is 40.9 Å². The highest BCUT2D eigenvalue weighted by molar-refractivity contribution is 5.18. The molecule has 1 N–H and O–H groups in total. The molecule has 0 atom stereocenters. The molecule has 3 rings (SSSR count). The number of hydrogen-bond acceptors (Lipinski definition) is 4. The Morgan fingerprint density at radius 2 is 1.91 bits per heavy atom. The molecule has 1 aromatic carbocycles. The van der Waals surface area contributed by atoms with E-state index in [0.29, 0.717) is 0 Å². The molecule has 118 valence electrons. The Labute approximate surface area is 131 Å². The molecule has 0 spiro atoms. The highest BCUT2D eigenvalue weighted by Gasteiger charge is 2.39. The number of ether oxygens (including phenoxy) is 1. The van der Waals surface area contributed by atoms with Crippen LogP contribution in [0.25, 0.3) is 0 Å². The van der Waals surface area contributed by atoms with Crippen LogP contribution >= 0.6 is 0 Å².